The van der Waals surface area contributed by atoms with Gasteiger partial charge in [0.1, 0.15) is 5.82 Å². The van der Waals surface area contributed by atoms with Crippen molar-refractivity contribution in [1.82, 2.24) is 14.9 Å². The van der Waals surface area contributed by atoms with E-state index < -0.39 is 0 Å². The van der Waals surface area contributed by atoms with E-state index in [2.05, 4.69) is 26.7 Å². The summed E-state index contributed by atoms with van der Waals surface area (Å²) in [5.74, 6) is 7.01. The van der Waals surface area contributed by atoms with Gasteiger partial charge in [-0.05, 0) is 37.9 Å². The Morgan fingerprint density at radius 3 is 2.88 bits per heavy atom. The van der Waals surface area contributed by atoms with Crippen molar-refractivity contribution in [3.63, 3.8) is 0 Å². The minimum Gasteiger partial charge on any atom is -0.384 e. The smallest absolute Gasteiger partial charge is 0.206 e. The van der Waals surface area contributed by atoms with Crippen LogP contribution in [0.1, 0.15) is 25.1 Å². The minimum atomic E-state index is 0.470. The Hall–Kier alpha value is -1.60. The first-order valence-electron chi connectivity index (χ1n) is 5.64. The van der Waals surface area contributed by atoms with Crippen LogP contribution in [0.3, 0.4) is 0 Å². The van der Waals surface area contributed by atoms with Gasteiger partial charge in [0.2, 0.25) is 5.82 Å². The highest BCUT2D eigenvalue weighted by molar-refractivity contribution is 5.31. The lowest BCUT2D eigenvalue weighted by Crippen LogP contribution is -2.29. The molecule has 2 rings (SSSR count). The zero-order chi connectivity index (χ0) is 11.2. The summed E-state index contributed by atoms with van der Waals surface area (Å²) in [7, 11) is 0. The van der Waals surface area contributed by atoms with Crippen LogP contribution in [-0.4, -0.2) is 34.5 Å². The molecule has 1 aliphatic heterocycles. The largest absolute Gasteiger partial charge is 0.384 e. The van der Waals surface area contributed by atoms with Crippen molar-refractivity contribution >= 4 is 5.82 Å². The predicted octanol–water partition coefficient (Wildman–Crippen LogP) is 0.896. The molecule has 0 saturated carbocycles. The summed E-state index contributed by atoms with van der Waals surface area (Å²) < 4.78 is 0. The van der Waals surface area contributed by atoms with Crippen molar-refractivity contribution in [1.29, 1.82) is 0 Å². The first-order valence-corrected chi connectivity index (χ1v) is 5.64. The van der Waals surface area contributed by atoms with Crippen LogP contribution in [0, 0.1) is 11.8 Å². The second-order valence-corrected chi connectivity index (χ2v) is 3.94. The summed E-state index contributed by atoms with van der Waals surface area (Å²) in [6.45, 7) is 3.12. The van der Waals surface area contributed by atoms with Gasteiger partial charge in [-0.15, -0.1) is 0 Å². The van der Waals surface area contributed by atoms with Gasteiger partial charge in [-0.2, -0.15) is 0 Å². The van der Waals surface area contributed by atoms with Gasteiger partial charge in [0.05, 0.1) is 6.54 Å². The number of hydrogen-bond donors (Lipinski definition) is 1. The Bertz CT molecular complexity index is 399. The fourth-order valence-electron chi connectivity index (χ4n) is 1.78. The van der Waals surface area contributed by atoms with Crippen molar-refractivity contribution in [2.24, 2.45) is 0 Å². The fourth-order valence-corrected chi connectivity index (χ4v) is 1.78. The average molecular weight is 216 g/mol. The summed E-state index contributed by atoms with van der Waals surface area (Å²) in [5, 5.41) is 0. The molecule has 2 heterocycles. The summed E-state index contributed by atoms with van der Waals surface area (Å²) >= 11 is 0. The number of nitrogens with zero attached hydrogens (tertiary/aromatic N) is 3. The van der Waals surface area contributed by atoms with Gasteiger partial charge in [0.25, 0.3) is 0 Å². The predicted molar refractivity (Wildman–Crippen MR) is 63.6 cm³/mol. The van der Waals surface area contributed by atoms with Crippen LogP contribution in [-0.2, 0) is 0 Å². The summed E-state index contributed by atoms with van der Waals surface area (Å²) in [6, 6.07) is 1.66. The van der Waals surface area contributed by atoms with Gasteiger partial charge in [0.15, 0.2) is 0 Å². The summed E-state index contributed by atoms with van der Waals surface area (Å²) in [5.41, 5.74) is 5.54. The van der Waals surface area contributed by atoms with Crippen molar-refractivity contribution in [2.75, 3.05) is 25.4 Å². The molecule has 0 unspecified atom stereocenters. The molecule has 0 aliphatic carbocycles. The first-order chi connectivity index (χ1) is 7.84. The van der Waals surface area contributed by atoms with Crippen LogP contribution in [0.2, 0.25) is 0 Å². The molecule has 16 heavy (non-hydrogen) atoms. The second-order valence-electron chi connectivity index (χ2n) is 3.94. The highest BCUT2D eigenvalue weighted by Gasteiger charge is 2.07. The molecule has 84 valence electrons. The molecule has 4 nitrogen and oxygen atoms in total. The number of rotatable bonds is 1. The van der Waals surface area contributed by atoms with Gasteiger partial charge in [-0.25, -0.2) is 9.97 Å². The molecule has 1 aromatic rings. The number of anilines is 1. The number of likely N-dealkylation sites (tertiary alicyclic amines) is 1. The van der Waals surface area contributed by atoms with E-state index in [4.69, 9.17) is 5.73 Å². The number of hydrogen-bond acceptors (Lipinski definition) is 4. The zero-order valence-corrected chi connectivity index (χ0v) is 9.32. The van der Waals surface area contributed by atoms with E-state index in [0.717, 1.165) is 19.6 Å². The molecule has 0 spiro atoms. The molecular formula is C12H16N4. The van der Waals surface area contributed by atoms with Crippen molar-refractivity contribution in [3.05, 3.63) is 18.1 Å². The van der Waals surface area contributed by atoms with Gasteiger partial charge in [-0.1, -0.05) is 12.3 Å². The first kappa shape index (κ1) is 10.9. The van der Waals surface area contributed by atoms with E-state index >= 15 is 0 Å². The van der Waals surface area contributed by atoms with Gasteiger partial charge >= 0.3 is 0 Å². The molecule has 1 saturated heterocycles. The summed E-state index contributed by atoms with van der Waals surface area (Å²) in [6.07, 6.45) is 5.56. The molecule has 4 heteroatoms. The number of nitrogen functional groups attached to an aromatic ring is 1. The third-order valence-corrected chi connectivity index (χ3v) is 2.63. The lowest BCUT2D eigenvalue weighted by Gasteiger charge is -2.23. The highest BCUT2D eigenvalue weighted by atomic mass is 15.1. The average Bonchev–Trinajstić information content (AvgIpc) is 2.30. The normalized spacial score (nSPS) is 16.5. The third kappa shape index (κ3) is 3.21. The van der Waals surface area contributed by atoms with Gasteiger partial charge < -0.3 is 5.73 Å². The number of piperidine rings is 1. The standard InChI is InChI=1S/C12H16N4/c13-11-6-7-14-12(15-11)5-4-10-16-8-2-1-3-9-16/h6-7H,1-3,8-10H2,(H2,13,14,15). The second kappa shape index (κ2) is 5.47. The fraction of sp³-hybridized carbons (Fsp3) is 0.500. The van der Waals surface area contributed by atoms with Crippen molar-refractivity contribution in [2.45, 2.75) is 19.3 Å². The quantitative estimate of drug-likeness (QED) is 0.708. The highest BCUT2D eigenvalue weighted by Crippen LogP contribution is 2.07. The Balaban J connectivity index is 1.89. The Labute approximate surface area is 95.9 Å². The van der Waals surface area contributed by atoms with Crippen LogP contribution in [0.5, 0.6) is 0 Å². The maximum Gasteiger partial charge on any atom is 0.206 e. The van der Waals surface area contributed by atoms with Crippen LogP contribution < -0.4 is 5.73 Å². The molecular weight excluding hydrogens is 200 g/mol. The molecule has 0 amide bonds. The topological polar surface area (TPSA) is 55.0 Å². The van der Waals surface area contributed by atoms with E-state index in [0.29, 0.717) is 11.6 Å². The van der Waals surface area contributed by atoms with E-state index in [9.17, 15) is 0 Å². The Morgan fingerprint density at radius 1 is 1.31 bits per heavy atom. The summed E-state index contributed by atoms with van der Waals surface area (Å²) in [4.78, 5) is 10.4. The molecule has 0 aromatic carbocycles. The molecule has 0 bridgehead atoms. The molecule has 0 atom stereocenters. The molecule has 2 N–H and O–H groups in total. The Kier molecular flexibility index (Phi) is 3.73. The van der Waals surface area contributed by atoms with E-state index in [1.807, 2.05) is 0 Å². The van der Waals surface area contributed by atoms with Gasteiger partial charge in [0, 0.05) is 6.20 Å². The third-order valence-electron chi connectivity index (χ3n) is 2.63. The SMILES string of the molecule is Nc1ccnc(C#CCN2CCCCC2)n1. The number of aromatic nitrogens is 2. The van der Waals surface area contributed by atoms with Crippen LogP contribution in [0.4, 0.5) is 5.82 Å². The van der Waals surface area contributed by atoms with Crippen LogP contribution in [0.25, 0.3) is 0 Å². The Morgan fingerprint density at radius 2 is 2.12 bits per heavy atom. The maximum atomic E-state index is 5.54. The van der Waals surface area contributed by atoms with E-state index in [-0.39, 0.29) is 0 Å². The van der Waals surface area contributed by atoms with Crippen molar-refractivity contribution < 1.29 is 0 Å². The molecule has 0 radical (unpaired) electrons. The lowest BCUT2D eigenvalue weighted by atomic mass is 10.1. The van der Waals surface area contributed by atoms with Crippen LogP contribution >= 0.6 is 0 Å². The van der Waals surface area contributed by atoms with E-state index in [1.54, 1.807) is 12.3 Å². The maximum absolute atomic E-state index is 5.54. The molecule has 1 fully saturated rings. The lowest BCUT2D eigenvalue weighted by molar-refractivity contribution is 0.255. The monoisotopic (exact) mass is 216 g/mol. The van der Waals surface area contributed by atoms with Gasteiger partial charge in [-0.3, -0.25) is 4.90 Å². The molecule has 1 aliphatic rings. The minimum absolute atomic E-state index is 0.470. The zero-order valence-electron chi connectivity index (χ0n) is 9.32. The van der Waals surface area contributed by atoms with E-state index in [1.165, 1.54) is 19.3 Å². The number of nitrogens with two attached hydrogens (primary N) is 1. The van der Waals surface area contributed by atoms with Crippen LogP contribution in [0.15, 0.2) is 12.3 Å². The van der Waals surface area contributed by atoms with Crippen molar-refractivity contribution in [3.8, 4) is 11.8 Å². The molecule has 1 aromatic heterocycles.